The van der Waals surface area contributed by atoms with Crippen molar-refractivity contribution in [2.45, 2.75) is 77.4 Å². The summed E-state index contributed by atoms with van der Waals surface area (Å²) in [6.45, 7) is 10.3. The second-order valence-corrected chi connectivity index (χ2v) is 14.0. The molecule has 1 unspecified atom stereocenters. The van der Waals surface area contributed by atoms with E-state index in [1.807, 2.05) is 0 Å². The van der Waals surface area contributed by atoms with Gasteiger partial charge in [0.2, 0.25) is 0 Å². The molecule has 0 fully saturated rings. The fraction of sp³-hybridized carbons (Fsp3) is 0.769. The molecule has 0 saturated carbocycles. The van der Waals surface area contributed by atoms with E-state index < -0.39 is 8.32 Å². The summed E-state index contributed by atoms with van der Waals surface area (Å²) < 4.78 is 6.73. The lowest BCUT2D eigenvalue weighted by atomic mass is 9.78. The Morgan fingerprint density at radius 2 is 1.43 bits per heavy atom. The third-order valence-corrected chi connectivity index (χ3v) is 11.6. The third kappa shape index (κ3) is 10.1. The molecule has 1 rings (SSSR count). The molecule has 3 nitrogen and oxygen atoms in total. The smallest absolute Gasteiger partial charge is 0.193 e. The lowest BCUT2D eigenvalue weighted by molar-refractivity contribution is 0.203. The predicted molar refractivity (Wildman–Crippen MR) is 136 cm³/mol. The van der Waals surface area contributed by atoms with E-state index in [1.165, 1.54) is 68.9 Å². The third-order valence-electron chi connectivity index (χ3n) is 6.88. The van der Waals surface area contributed by atoms with Crippen molar-refractivity contribution in [3.05, 3.63) is 35.9 Å². The standard InChI is InChI=1S/C26H50N2OSi/c1-8-26(19-14-21-27(4)5,20-15-22-28(6)7)24-30(10-3,29-9-2)23-18-25-16-12-11-13-17-25/h11-13,16-17H,8-10,14-15,18-24H2,1-7H3. The normalized spacial score (nSPS) is 14.4. The van der Waals surface area contributed by atoms with Gasteiger partial charge in [0.05, 0.1) is 0 Å². The van der Waals surface area contributed by atoms with E-state index in [0.29, 0.717) is 5.41 Å². The molecule has 0 bridgehead atoms. The van der Waals surface area contributed by atoms with Crippen molar-refractivity contribution in [3.8, 4) is 0 Å². The highest BCUT2D eigenvalue weighted by atomic mass is 28.4. The van der Waals surface area contributed by atoms with Crippen LogP contribution in [0.3, 0.4) is 0 Å². The van der Waals surface area contributed by atoms with E-state index in [9.17, 15) is 0 Å². The second kappa shape index (κ2) is 14.4. The van der Waals surface area contributed by atoms with Crippen molar-refractivity contribution < 1.29 is 4.43 Å². The van der Waals surface area contributed by atoms with E-state index in [-0.39, 0.29) is 0 Å². The highest BCUT2D eigenvalue weighted by Crippen LogP contribution is 2.44. The number of rotatable bonds is 17. The lowest BCUT2D eigenvalue weighted by Gasteiger charge is -2.42. The van der Waals surface area contributed by atoms with E-state index >= 15 is 0 Å². The first-order chi connectivity index (χ1) is 14.3. The first kappa shape index (κ1) is 27.4. The van der Waals surface area contributed by atoms with Gasteiger partial charge >= 0.3 is 0 Å². The fourth-order valence-corrected chi connectivity index (χ4v) is 9.50. The second-order valence-electron chi connectivity index (χ2n) is 9.80. The van der Waals surface area contributed by atoms with Crippen molar-refractivity contribution >= 4 is 8.32 Å². The van der Waals surface area contributed by atoms with Crippen LogP contribution in [0.25, 0.3) is 0 Å². The molecule has 0 amide bonds. The average molecular weight is 435 g/mol. The Morgan fingerprint density at radius 3 is 1.87 bits per heavy atom. The molecule has 1 atom stereocenters. The molecule has 0 aliphatic carbocycles. The molecule has 0 N–H and O–H groups in total. The van der Waals surface area contributed by atoms with Crippen LogP contribution < -0.4 is 0 Å². The molecule has 0 spiro atoms. The van der Waals surface area contributed by atoms with Crippen LogP contribution in [0.15, 0.2) is 30.3 Å². The minimum atomic E-state index is -1.79. The summed E-state index contributed by atoms with van der Waals surface area (Å²) in [6.07, 6.45) is 7.70. The molecule has 1 aromatic rings. The Hall–Kier alpha value is -0.683. The van der Waals surface area contributed by atoms with Gasteiger partial charge in [-0.05, 0) is 109 Å². The van der Waals surface area contributed by atoms with E-state index in [2.05, 4.69) is 89.1 Å². The van der Waals surface area contributed by atoms with Gasteiger partial charge in [-0.2, -0.15) is 0 Å². The van der Waals surface area contributed by atoms with Crippen molar-refractivity contribution in [1.29, 1.82) is 0 Å². The van der Waals surface area contributed by atoms with Crippen molar-refractivity contribution in [1.82, 2.24) is 9.80 Å². The number of aryl methyl sites for hydroxylation is 1. The summed E-state index contributed by atoms with van der Waals surface area (Å²) in [5.41, 5.74) is 1.89. The van der Waals surface area contributed by atoms with Crippen LogP contribution in [-0.2, 0) is 10.8 Å². The van der Waals surface area contributed by atoms with Crippen LogP contribution in [-0.4, -0.2) is 66.0 Å². The van der Waals surface area contributed by atoms with Gasteiger partial charge < -0.3 is 14.2 Å². The molecule has 0 saturated heterocycles. The average Bonchev–Trinajstić information content (AvgIpc) is 2.72. The van der Waals surface area contributed by atoms with E-state index in [1.54, 1.807) is 0 Å². The summed E-state index contributed by atoms with van der Waals surface area (Å²) in [7, 11) is 7.01. The highest BCUT2D eigenvalue weighted by molar-refractivity contribution is 6.73. The van der Waals surface area contributed by atoms with Crippen LogP contribution in [0.5, 0.6) is 0 Å². The molecule has 0 radical (unpaired) electrons. The van der Waals surface area contributed by atoms with Crippen LogP contribution in [0, 0.1) is 5.41 Å². The zero-order valence-electron chi connectivity index (χ0n) is 21.2. The Morgan fingerprint density at radius 1 is 0.867 bits per heavy atom. The van der Waals surface area contributed by atoms with Gasteiger partial charge in [-0.3, -0.25) is 0 Å². The summed E-state index contributed by atoms with van der Waals surface area (Å²) in [6, 6.07) is 14.8. The topological polar surface area (TPSA) is 15.7 Å². The zero-order valence-corrected chi connectivity index (χ0v) is 22.2. The van der Waals surface area contributed by atoms with Gasteiger partial charge in [0.1, 0.15) is 0 Å². The van der Waals surface area contributed by atoms with Crippen LogP contribution in [0.1, 0.15) is 58.4 Å². The van der Waals surface area contributed by atoms with Crippen LogP contribution >= 0.6 is 0 Å². The molecule has 0 aromatic heterocycles. The predicted octanol–water partition coefficient (Wildman–Crippen LogP) is 6.31. The molecule has 0 aliphatic heterocycles. The van der Waals surface area contributed by atoms with Crippen molar-refractivity contribution in [2.24, 2.45) is 5.41 Å². The zero-order chi connectivity index (χ0) is 22.5. The van der Waals surface area contributed by atoms with Crippen molar-refractivity contribution in [2.75, 3.05) is 47.9 Å². The van der Waals surface area contributed by atoms with Crippen molar-refractivity contribution in [3.63, 3.8) is 0 Å². The maximum atomic E-state index is 6.73. The monoisotopic (exact) mass is 434 g/mol. The first-order valence-corrected chi connectivity index (χ1v) is 14.8. The SMILES string of the molecule is CCO[Si](CC)(CCc1ccccc1)CC(CC)(CCCN(C)C)CCCN(C)C. The Bertz CT molecular complexity index is 535. The maximum Gasteiger partial charge on any atom is 0.193 e. The quantitative estimate of drug-likeness (QED) is 0.267. The molecule has 174 valence electrons. The largest absolute Gasteiger partial charge is 0.417 e. The molecule has 0 aliphatic rings. The molecule has 1 aromatic carbocycles. The van der Waals surface area contributed by atoms with Gasteiger partial charge in [-0.1, -0.05) is 50.6 Å². The maximum absolute atomic E-state index is 6.73. The fourth-order valence-electron chi connectivity index (χ4n) is 4.94. The van der Waals surface area contributed by atoms with E-state index in [0.717, 1.165) is 13.0 Å². The number of hydrogen-bond donors (Lipinski definition) is 0. The minimum absolute atomic E-state index is 0.431. The number of nitrogens with zero attached hydrogens (tertiary/aromatic N) is 2. The number of benzene rings is 1. The van der Waals surface area contributed by atoms with Gasteiger partial charge in [-0.25, -0.2) is 0 Å². The highest BCUT2D eigenvalue weighted by Gasteiger charge is 2.41. The summed E-state index contributed by atoms with van der Waals surface area (Å²) in [5.74, 6) is 0. The van der Waals surface area contributed by atoms with Gasteiger partial charge in [0, 0.05) is 6.61 Å². The summed E-state index contributed by atoms with van der Waals surface area (Å²) in [5, 5.41) is 0. The molecular weight excluding hydrogens is 384 g/mol. The van der Waals surface area contributed by atoms with Crippen LogP contribution in [0.2, 0.25) is 18.1 Å². The minimum Gasteiger partial charge on any atom is -0.417 e. The lowest BCUT2D eigenvalue weighted by Crippen LogP contribution is -2.44. The Balaban J connectivity index is 3.01. The summed E-state index contributed by atoms with van der Waals surface area (Å²) >= 11 is 0. The van der Waals surface area contributed by atoms with Crippen LogP contribution in [0.4, 0.5) is 0 Å². The summed E-state index contributed by atoms with van der Waals surface area (Å²) in [4.78, 5) is 4.67. The number of hydrogen-bond acceptors (Lipinski definition) is 3. The molecule has 30 heavy (non-hydrogen) atoms. The van der Waals surface area contributed by atoms with Gasteiger partial charge in [0.25, 0.3) is 0 Å². The van der Waals surface area contributed by atoms with Gasteiger partial charge in [0.15, 0.2) is 8.32 Å². The Labute approximate surface area is 189 Å². The van der Waals surface area contributed by atoms with Gasteiger partial charge in [-0.15, -0.1) is 0 Å². The molecule has 4 heteroatoms. The van der Waals surface area contributed by atoms with E-state index in [4.69, 9.17) is 4.43 Å². The Kier molecular flexibility index (Phi) is 13.1. The first-order valence-electron chi connectivity index (χ1n) is 12.3. The molecule has 0 heterocycles. The molecular formula is C26H50N2OSi.